The van der Waals surface area contributed by atoms with Crippen molar-refractivity contribution >= 4 is 32.0 Å². The average molecular weight is 399 g/mol. The number of aromatic nitrogens is 4. The Balaban J connectivity index is 1.73. The molecule has 0 bridgehead atoms. The van der Waals surface area contributed by atoms with Crippen LogP contribution in [0.25, 0.3) is 21.9 Å². The van der Waals surface area contributed by atoms with Crippen LogP contribution in [-0.4, -0.2) is 57.9 Å². The molecule has 0 radical (unpaired) electrons. The molecule has 1 fully saturated rings. The van der Waals surface area contributed by atoms with Crippen molar-refractivity contribution in [1.29, 1.82) is 0 Å². The molecule has 1 N–H and O–H groups in total. The Morgan fingerprint density at radius 3 is 2.85 bits per heavy atom. The van der Waals surface area contributed by atoms with Crippen molar-refractivity contribution in [3.05, 3.63) is 30.2 Å². The second-order valence-electron chi connectivity index (χ2n) is 6.63. The highest BCUT2D eigenvalue weighted by Crippen LogP contribution is 2.35. The van der Waals surface area contributed by atoms with Gasteiger partial charge in [0.05, 0.1) is 6.20 Å². The van der Waals surface area contributed by atoms with Crippen LogP contribution < -0.4 is 0 Å². The van der Waals surface area contributed by atoms with Crippen molar-refractivity contribution in [2.24, 2.45) is 0 Å². The summed E-state index contributed by atoms with van der Waals surface area (Å²) in [7, 11) is -4.41. The molecule has 4 rings (SSSR count). The normalized spacial score (nSPS) is 19.7. The molecule has 0 saturated carbocycles. The van der Waals surface area contributed by atoms with Gasteiger partial charge < -0.3 is 4.98 Å². The van der Waals surface area contributed by atoms with Gasteiger partial charge in [-0.05, 0) is 30.4 Å². The molecule has 3 aromatic rings. The van der Waals surface area contributed by atoms with Crippen LogP contribution in [0.2, 0.25) is 0 Å². The van der Waals surface area contributed by atoms with Gasteiger partial charge in [0.1, 0.15) is 5.52 Å². The van der Waals surface area contributed by atoms with Gasteiger partial charge in [0.25, 0.3) is 0 Å². The van der Waals surface area contributed by atoms with Crippen LogP contribution in [0.3, 0.4) is 0 Å². The molecule has 11 heteroatoms. The predicted octanol–water partition coefficient (Wildman–Crippen LogP) is 2.58. The molecule has 1 aliphatic rings. The quantitative estimate of drug-likeness (QED) is 0.731. The highest BCUT2D eigenvalue weighted by Gasteiger charge is 2.40. The van der Waals surface area contributed by atoms with E-state index in [1.807, 2.05) is 6.07 Å². The highest BCUT2D eigenvalue weighted by atomic mass is 32.2. The Bertz CT molecular complexity index is 1100. The van der Waals surface area contributed by atoms with E-state index in [0.29, 0.717) is 24.0 Å². The number of H-pyrrole nitrogens is 1. The fourth-order valence-corrected chi connectivity index (χ4v) is 5.05. The monoisotopic (exact) mass is 399 g/mol. The summed E-state index contributed by atoms with van der Waals surface area (Å²) in [6, 6.07) is 1.84. The lowest BCUT2D eigenvalue weighted by Crippen LogP contribution is -2.43. The summed E-state index contributed by atoms with van der Waals surface area (Å²) < 4.78 is 63.2. The van der Waals surface area contributed by atoms with Gasteiger partial charge in [0.2, 0.25) is 10.0 Å². The lowest BCUT2D eigenvalue weighted by molar-refractivity contribution is -0.107. The number of fused-ring (bicyclic) bond motifs is 3. The number of rotatable bonds is 3. The first-order valence-electron chi connectivity index (χ1n) is 8.36. The number of piperidine rings is 1. The number of hydrogen-bond acceptors (Lipinski definition) is 5. The highest BCUT2D eigenvalue weighted by molar-refractivity contribution is 7.89. The third kappa shape index (κ3) is 3.48. The maximum Gasteiger partial charge on any atom is 0.404 e. The molecule has 1 atom stereocenters. The first-order chi connectivity index (χ1) is 12.7. The second kappa shape index (κ2) is 6.41. The number of hydrogen-bond donors (Lipinski definition) is 1. The molecule has 1 aliphatic heterocycles. The van der Waals surface area contributed by atoms with Gasteiger partial charge in [-0.25, -0.2) is 12.7 Å². The zero-order valence-electron chi connectivity index (χ0n) is 14.1. The first kappa shape index (κ1) is 18.1. The van der Waals surface area contributed by atoms with E-state index in [2.05, 4.69) is 20.2 Å². The van der Waals surface area contributed by atoms with E-state index in [9.17, 15) is 21.6 Å². The molecular weight excluding hydrogens is 383 g/mol. The molecule has 0 aromatic carbocycles. The van der Waals surface area contributed by atoms with Crippen molar-refractivity contribution in [1.82, 2.24) is 24.5 Å². The van der Waals surface area contributed by atoms with Crippen molar-refractivity contribution in [3.63, 3.8) is 0 Å². The van der Waals surface area contributed by atoms with Crippen molar-refractivity contribution in [3.8, 4) is 0 Å². The Labute approximate surface area is 152 Å². The average Bonchev–Trinajstić information content (AvgIpc) is 3.08. The molecule has 27 heavy (non-hydrogen) atoms. The lowest BCUT2D eigenvalue weighted by atomic mass is 9.90. The molecule has 7 nitrogen and oxygen atoms in total. The molecule has 144 valence electrons. The van der Waals surface area contributed by atoms with E-state index in [0.717, 1.165) is 20.6 Å². The van der Waals surface area contributed by atoms with E-state index in [4.69, 9.17) is 0 Å². The van der Waals surface area contributed by atoms with Crippen molar-refractivity contribution in [2.45, 2.75) is 24.9 Å². The molecule has 0 aliphatic carbocycles. The fraction of sp³-hybridized carbons (Fsp3) is 0.438. The summed E-state index contributed by atoms with van der Waals surface area (Å²) in [5, 5.41) is 9.83. The van der Waals surface area contributed by atoms with Crippen molar-refractivity contribution in [2.75, 3.05) is 18.8 Å². The zero-order valence-corrected chi connectivity index (χ0v) is 14.9. The van der Waals surface area contributed by atoms with Crippen LogP contribution in [0.1, 0.15) is 24.3 Å². The van der Waals surface area contributed by atoms with Crippen LogP contribution in [-0.2, 0) is 10.0 Å². The van der Waals surface area contributed by atoms with Crippen LogP contribution in [0.15, 0.2) is 24.7 Å². The maximum absolute atomic E-state index is 12.6. The summed E-state index contributed by atoms with van der Waals surface area (Å²) in [5.41, 5.74) is 1.93. The predicted molar refractivity (Wildman–Crippen MR) is 92.6 cm³/mol. The Morgan fingerprint density at radius 2 is 2.07 bits per heavy atom. The number of nitrogens with one attached hydrogen (secondary N) is 1. The number of halogens is 3. The Morgan fingerprint density at radius 1 is 1.26 bits per heavy atom. The van der Waals surface area contributed by atoms with Gasteiger partial charge >= 0.3 is 6.18 Å². The standard InChI is InChI=1S/C16H16F3N5O2S/c17-16(18,19)9-27(25,26)24-5-1-2-10(8-24)12-6-20-7-13-14(12)11-3-4-21-15(11)23-22-13/h3-4,6-7,10H,1-2,5,8-9H2,(H,21,23). The van der Waals surface area contributed by atoms with E-state index in [1.165, 1.54) is 0 Å². The van der Waals surface area contributed by atoms with Gasteiger partial charge in [-0.3, -0.25) is 4.98 Å². The van der Waals surface area contributed by atoms with E-state index in [1.54, 1.807) is 18.6 Å². The van der Waals surface area contributed by atoms with Gasteiger partial charge in [-0.2, -0.15) is 13.2 Å². The summed E-state index contributed by atoms with van der Waals surface area (Å²) in [4.78, 5) is 7.14. The third-order valence-corrected chi connectivity index (χ3v) is 6.58. The molecule has 4 heterocycles. The SMILES string of the molecule is O=S(=O)(CC(F)(F)F)N1CCCC(c2cncc3nnc4[nH]ccc4c23)C1. The van der Waals surface area contributed by atoms with Crippen LogP contribution >= 0.6 is 0 Å². The maximum atomic E-state index is 12.6. The number of aromatic amines is 1. The zero-order chi connectivity index (χ0) is 19.2. The van der Waals surface area contributed by atoms with Crippen molar-refractivity contribution < 1.29 is 21.6 Å². The smallest absolute Gasteiger partial charge is 0.345 e. The molecule has 1 saturated heterocycles. The van der Waals surface area contributed by atoms with Gasteiger partial charge in [-0.1, -0.05) is 0 Å². The minimum atomic E-state index is -4.76. The summed E-state index contributed by atoms with van der Waals surface area (Å²) in [6.45, 7) is 0.0833. The number of pyridine rings is 1. The molecule has 0 amide bonds. The van der Waals surface area contributed by atoms with Crippen LogP contribution in [0.5, 0.6) is 0 Å². The summed E-state index contributed by atoms with van der Waals surface area (Å²) in [6.07, 6.45) is 1.31. The Hall–Kier alpha value is -2.27. The third-order valence-electron chi connectivity index (χ3n) is 4.77. The van der Waals surface area contributed by atoms with Crippen LogP contribution in [0, 0.1) is 0 Å². The summed E-state index contributed by atoms with van der Waals surface area (Å²) >= 11 is 0. The van der Waals surface area contributed by atoms with Crippen LogP contribution in [0.4, 0.5) is 13.2 Å². The van der Waals surface area contributed by atoms with E-state index >= 15 is 0 Å². The minimum absolute atomic E-state index is 0.00650. The van der Waals surface area contributed by atoms with Gasteiger partial charge in [0.15, 0.2) is 11.4 Å². The molecular formula is C16H16F3N5O2S. The largest absolute Gasteiger partial charge is 0.404 e. The fourth-order valence-electron chi connectivity index (χ4n) is 3.64. The number of nitrogens with zero attached hydrogens (tertiary/aromatic N) is 4. The number of sulfonamides is 1. The topological polar surface area (TPSA) is 91.8 Å². The second-order valence-corrected chi connectivity index (χ2v) is 8.60. The molecule has 3 aromatic heterocycles. The number of alkyl halides is 3. The first-order valence-corrected chi connectivity index (χ1v) is 9.97. The summed E-state index contributed by atoms with van der Waals surface area (Å²) in [5.74, 6) is -2.10. The van der Waals surface area contributed by atoms with E-state index in [-0.39, 0.29) is 19.0 Å². The molecule has 1 unspecified atom stereocenters. The lowest BCUT2D eigenvalue weighted by Gasteiger charge is -2.32. The molecule has 0 spiro atoms. The van der Waals surface area contributed by atoms with E-state index < -0.39 is 22.0 Å². The van der Waals surface area contributed by atoms with Gasteiger partial charge in [-0.15, -0.1) is 10.2 Å². The minimum Gasteiger partial charge on any atom is -0.345 e. The van der Waals surface area contributed by atoms with Gasteiger partial charge in [0, 0.05) is 36.3 Å². The Kier molecular flexibility index (Phi) is 4.30.